The highest BCUT2D eigenvalue weighted by Gasteiger charge is 2.30. The first-order valence-corrected chi connectivity index (χ1v) is 19.6. The van der Waals surface area contributed by atoms with Gasteiger partial charge in [-0.05, 0) is 112 Å². The van der Waals surface area contributed by atoms with E-state index in [0.29, 0.717) is 36.4 Å². The van der Waals surface area contributed by atoms with Gasteiger partial charge in [0.15, 0.2) is 0 Å². The zero-order valence-corrected chi connectivity index (χ0v) is 32.1. The van der Waals surface area contributed by atoms with Gasteiger partial charge < -0.3 is 24.4 Å². The summed E-state index contributed by atoms with van der Waals surface area (Å²) >= 11 is 1.45. The monoisotopic (exact) mass is 735 g/mol. The predicted octanol–water partition coefficient (Wildman–Crippen LogP) is 7.24. The number of benzene rings is 1. The molecule has 278 valence electrons. The number of thiazole rings is 1. The molecule has 1 aromatic heterocycles. The Balaban J connectivity index is 1.41. The highest BCUT2D eigenvalue weighted by molar-refractivity contribution is 7.89. The van der Waals surface area contributed by atoms with E-state index in [9.17, 15) is 22.8 Å². The number of carbonyl (C=O) groups is 3. The first-order chi connectivity index (χ1) is 23.3. The van der Waals surface area contributed by atoms with Gasteiger partial charge in [-0.2, -0.15) is 0 Å². The van der Waals surface area contributed by atoms with Crippen LogP contribution in [0.1, 0.15) is 105 Å². The maximum Gasteiger partial charge on any atom is 0.411 e. The van der Waals surface area contributed by atoms with Crippen LogP contribution in [0.3, 0.4) is 0 Å². The van der Waals surface area contributed by atoms with Crippen molar-refractivity contribution >= 4 is 45.3 Å². The first kappa shape index (κ1) is 39.4. The Morgan fingerprint density at radius 3 is 2.24 bits per heavy atom. The number of amides is 3. The molecule has 0 spiro atoms. The van der Waals surface area contributed by atoms with Gasteiger partial charge in [0.1, 0.15) is 5.60 Å². The summed E-state index contributed by atoms with van der Waals surface area (Å²) in [7, 11) is -4.01. The van der Waals surface area contributed by atoms with Crippen molar-refractivity contribution < 1.29 is 37.0 Å². The van der Waals surface area contributed by atoms with Crippen LogP contribution < -0.4 is 15.4 Å². The van der Waals surface area contributed by atoms with Gasteiger partial charge in [0.2, 0.25) is 10.0 Å². The molecule has 2 aliphatic rings. The van der Waals surface area contributed by atoms with Gasteiger partial charge in [-0.1, -0.05) is 6.07 Å². The van der Waals surface area contributed by atoms with Crippen molar-refractivity contribution in [2.75, 3.05) is 25.0 Å². The number of hydrogen-bond donors (Lipinski definition) is 3. The summed E-state index contributed by atoms with van der Waals surface area (Å²) in [6, 6.07) is 4.81. The second-order valence-corrected chi connectivity index (χ2v) is 18.1. The quantitative estimate of drug-likeness (QED) is 0.225. The molecule has 15 heteroatoms. The third-order valence-corrected chi connectivity index (χ3v) is 11.2. The summed E-state index contributed by atoms with van der Waals surface area (Å²) < 4.78 is 46.3. The fourth-order valence-corrected chi connectivity index (χ4v) is 8.80. The molecule has 13 nitrogen and oxygen atoms in total. The Bertz CT molecular complexity index is 1600. The summed E-state index contributed by atoms with van der Waals surface area (Å²) in [5.74, 6) is 0.280. The van der Waals surface area contributed by atoms with Crippen molar-refractivity contribution in [2.24, 2.45) is 5.92 Å². The number of anilines is 1. The number of ether oxygens (including phenoxy) is 3. The summed E-state index contributed by atoms with van der Waals surface area (Å²) in [5.41, 5.74) is -0.554. The Kier molecular flexibility index (Phi) is 12.8. The molecule has 3 amide bonds. The van der Waals surface area contributed by atoms with Crippen molar-refractivity contribution in [3.05, 3.63) is 29.4 Å². The van der Waals surface area contributed by atoms with Gasteiger partial charge in [0.05, 0.1) is 27.5 Å². The number of likely N-dealkylation sites (tertiary alicyclic amines) is 1. The van der Waals surface area contributed by atoms with Crippen LogP contribution in [0.4, 0.5) is 20.1 Å². The fraction of sp³-hybridized carbons (Fsp3) is 0.657. The lowest BCUT2D eigenvalue weighted by Crippen LogP contribution is -2.42. The number of sulfonamides is 1. The van der Waals surface area contributed by atoms with Gasteiger partial charge in [-0.25, -0.2) is 32.5 Å². The van der Waals surface area contributed by atoms with Crippen LogP contribution in [0.2, 0.25) is 0 Å². The number of nitrogens with one attached hydrogen (secondary N) is 3. The van der Waals surface area contributed by atoms with Crippen LogP contribution in [0.5, 0.6) is 0 Å². The van der Waals surface area contributed by atoms with Crippen LogP contribution in [0, 0.1) is 5.92 Å². The van der Waals surface area contributed by atoms with Crippen LogP contribution in [-0.4, -0.2) is 79.6 Å². The number of rotatable bonds is 9. The minimum absolute atomic E-state index is 0.0199. The van der Waals surface area contributed by atoms with E-state index in [2.05, 4.69) is 20.3 Å². The first-order valence-electron chi connectivity index (χ1n) is 17.3. The van der Waals surface area contributed by atoms with Crippen LogP contribution >= 0.6 is 11.3 Å². The van der Waals surface area contributed by atoms with E-state index in [0.717, 1.165) is 30.7 Å². The van der Waals surface area contributed by atoms with E-state index in [1.54, 1.807) is 44.0 Å². The van der Waals surface area contributed by atoms with E-state index in [4.69, 9.17) is 14.2 Å². The van der Waals surface area contributed by atoms with Crippen molar-refractivity contribution in [3.8, 4) is 10.4 Å². The van der Waals surface area contributed by atoms with Gasteiger partial charge in [-0.15, -0.1) is 11.3 Å². The zero-order chi connectivity index (χ0) is 36.9. The van der Waals surface area contributed by atoms with E-state index < -0.39 is 33.3 Å². The third-order valence-electron chi connectivity index (χ3n) is 8.20. The van der Waals surface area contributed by atoms with Crippen molar-refractivity contribution in [1.82, 2.24) is 19.9 Å². The molecule has 0 radical (unpaired) electrons. The Morgan fingerprint density at radius 2 is 1.64 bits per heavy atom. The molecule has 1 aliphatic heterocycles. The highest BCUT2D eigenvalue weighted by Crippen LogP contribution is 2.40. The standard InChI is InChI=1S/C35H53N5O8S2/c1-22(2)47-32(42)37-25-11-9-24(10-12-25)30-36-20-28(49-30)27-14-13-26(19-29(27)50(44,45)39-34(3,4)5)38-31(41)46-21-23-15-17-40(18-16-23)33(43)48-35(6,7)8/h13-14,19-20,22-25,39H,9-12,15-18,21H2,1-8H3,(H,37,42)(H,38,41). The topological polar surface area (TPSA) is 165 Å². The van der Waals surface area contributed by atoms with Gasteiger partial charge in [0, 0.05) is 48.0 Å². The molecule has 0 unspecified atom stereocenters. The number of alkyl carbamates (subject to hydrolysis) is 1. The van der Waals surface area contributed by atoms with Crippen molar-refractivity contribution in [2.45, 2.75) is 128 Å². The summed E-state index contributed by atoms with van der Waals surface area (Å²) in [6.45, 7) is 15.6. The lowest BCUT2D eigenvalue weighted by molar-refractivity contribution is 0.0152. The molecule has 3 N–H and O–H groups in total. The van der Waals surface area contributed by atoms with Crippen molar-refractivity contribution in [3.63, 3.8) is 0 Å². The average molecular weight is 736 g/mol. The van der Waals surface area contributed by atoms with E-state index in [-0.39, 0.29) is 47.3 Å². The molecule has 4 rings (SSSR count). The zero-order valence-electron chi connectivity index (χ0n) is 30.5. The van der Waals surface area contributed by atoms with E-state index in [1.165, 1.54) is 17.4 Å². The maximum atomic E-state index is 13.7. The Hall–Kier alpha value is -3.43. The number of aromatic nitrogens is 1. The van der Waals surface area contributed by atoms with Gasteiger partial charge in [-0.3, -0.25) is 5.32 Å². The molecule has 2 heterocycles. The molecule has 1 aromatic carbocycles. The second-order valence-electron chi connectivity index (χ2n) is 15.4. The largest absolute Gasteiger partial charge is 0.449 e. The number of piperidine rings is 1. The second kappa shape index (κ2) is 16.3. The maximum absolute atomic E-state index is 13.7. The molecule has 1 saturated heterocycles. The lowest BCUT2D eigenvalue weighted by Gasteiger charge is -2.33. The smallest absolute Gasteiger partial charge is 0.411 e. The molecular weight excluding hydrogens is 683 g/mol. The minimum atomic E-state index is -4.01. The van der Waals surface area contributed by atoms with Crippen molar-refractivity contribution in [1.29, 1.82) is 0 Å². The Labute approximate surface area is 300 Å². The lowest BCUT2D eigenvalue weighted by atomic mass is 9.86. The van der Waals surface area contributed by atoms with E-state index >= 15 is 0 Å². The van der Waals surface area contributed by atoms with E-state index in [1.807, 2.05) is 34.6 Å². The molecule has 1 aliphatic carbocycles. The van der Waals surface area contributed by atoms with Gasteiger partial charge >= 0.3 is 18.3 Å². The molecule has 0 atom stereocenters. The summed E-state index contributed by atoms with van der Waals surface area (Å²) in [5, 5.41) is 6.54. The normalized spacial score (nSPS) is 19.2. The molecule has 50 heavy (non-hydrogen) atoms. The Morgan fingerprint density at radius 1 is 0.980 bits per heavy atom. The number of hydrogen-bond acceptors (Lipinski definition) is 10. The minimum Gasteiger partial charge on any atom is -0.449 e. The molecule has 1 saturated carbocycles. The molecular formula is C35H53N5O8S2. The summed E-state index contributed by atoms with van der Waals surface area (Å²) in [6.07, 6.45) is 4.69. The van der Waals surface area contributed by atoms with Crippen LogP contribution in [-0.2, 0) is 24.2 Å². The number of nitrogens with zero attached hydrogens (tertiary/aromatic N) is 2. The van der Waals surface area contributed by atoms with Crippen LogP contribution in [0.25, 0.3) is 10.4 Å². The van der Waals surface area contributed by atoms with Gasteiger partial charge in [0.25, 0.3) is 0 Å². The molecule has 2 aromatic rings. The predicted molar refractivity (Wildman–Crippen MR) is 193 cm³/mol. The highest BCUT2D eigenvalue weighted by atomic mass is 32.2. The fourth-order valence-electron chi connectivity index (χ4n) is 5.94. The molecule has 0 bridgehead atoms. The average Bonchev–Trinajstić information content (AvgIpc) is 3.48. The summed E-state index contributed by atoms with van der Waals surface area (Å²) in [4.78, 5) is 44.3. The number of carbonyl (C=O) groups excluding carboxylic acids is 3. The third kappa shape index (κ3) is 11.8. The van der Waals surface area contributed by atoms with Crippen LogP contribution in [0.15, 0.2) is 29.3 Å². The molecule has 2 fully saturated rings. The SMILES string of the molecule is CC(C)OC(=O)NC1CCC(c2ncc(-c3ccc(NC(=O)OCC4CCN(C(=O)OC(C)(C)C)CC4)cc3S(=O)(=O)NC(C)(C)C)s2)CC1.